The van der Waals surface area contributed by atoms with Gasteiger partial charge in [-0.15, -0.1) is 0 Å². The number of methoxy groups -OCH3 is 1. The number of ether oxygens (including phenoxy) is 2. The highest BCUT2D eigenvalue weighted by atomic mass is 19.1. The number of rotatable bonds is 7. The molecule has 4 aromatic carbocycles. The lowest BCUT2D eigenvalue weighted by molar-refractivity contribution is -0.157. The van der Waals surface area contributed by atoms with Crippen LogP contribution >= 0.6 is 0 Å². The first kappa shape index (κ1) is 26.7. The van der Waals surface area contributed by atoms with Crippen LogP contribution in [0.15, 0.2) is 96.1 Å². The highest BCUT2D eigenvalue weighted by Gasteiger charge is 2.46. The first-order valence-corrected chi connectivity index (χ1v) is 13.9. The summed E-state index contributed by atoms with van der Waals surface area (Å²) in [6, 6.07) is 27.7. The van der Waals surface area contributed by atoms with Crippen LogP contribution in [0.25, 0.3) is 10.8 Å². The summed E-state index contributed by atoms with van der Waals surface area (Å²) in [5.74, 6) is -0.713. The molecule has 1 atom stereocenters. The lowest BCUT2D eigenvalue weighted by atomic mass is 9.78. The van der Waals surface area contributed by atoms with Crippen molar-refractivity contribution in [1.82, 2.24) is 5.01 Å². The van der Waals surface area contributed by atoms with E-state index < -0.39 is 29.7 Å². The highest BCUT2D eigenvalue weighted by molar-refractivity contribution is 6.05. The van der Waals surface area contributed by atoms with E-state index in [9.17, 15) is 14.0 Å². The SMILES string of the molecule is COc1ccc(C2CC(c3ccc4ccccc4c3)=NN2C(=O)COC(=O)C2(c3ccccc3F)CCCC2)cc1. The number of fused-ring (bicyclic) bond motifs is 1. The van der Waals surface area contributed by atoms with Crippen molar-refractivity contribution in [3.05, 3.63) is 114 Å². The molecule has 1 aliphatic heterocycles. The summed E-state index contributed by atoms with van der Waals surface area (Å²) in [7, 11) is 1.61. The van der Waals surface area contributed by atoms with E-state index in [0.29, 0.717) is 30.6 Å². The number of nitrogens with zero attached hydrogens (tertiary/aromatic N) is 2. The molecule has 1 aliphatic carbocycles. The van der Waals surface area contributed by atoms with Crippen LogP contribution in [-0.2, 0) is 19.7 Å². The monoisotopic (exact) mass is 550 g/mol. The van der Waals surface area contributed by atoms with Crippen molar-refractivity contribution >= 4 is 28.4 Å². The zero-order chi connectivity index (χ0) is 28.4. The zero-order valence-corrected chi connectivity index (χ0v) is 22.9. The van der Waals surface area contributed by atoms with Gasteiger partial charge in [0.25, 0.3) is 5.91 Å². The average molecular weight is 551 g/mol. The Hall–Kier alpha value is -4.52. The molecule has 4 aromatic rings. The van der Waals surface area contributed by atoms with Crippen LogP contribution in [0.3, 0.4) is 0 Å². The van der Waals surface area contributed by atoms with Crippen molar-refractivity contribution in [1.29, 1.82) is 0 Å². The molecule has 0 N–H and O–H groups in total. The fourth-order valence-electron chi connectivity index (χ4n) is 6.11. The molecule has 41 heavy (non-hydrogen) atoms. The van der Waals surface area contributed by atoms with Crippen LogP contribution in [0.5, 0.6) is 5.75 Å². The molecule has 0 spiro atoms. The van der Waals surface area contributed by atoms with Gasteiger partial charge in [0.05, 0.1) is 24.3 Å². The number of carbonyl (C=O) groups excluding carboxylic acids is 2. The Kier molecular flexibility index (Phi) is 7.26. The fraction of sp³-hybridized carbons (Fsp3) is 0.265. The first-order valence-electron chi connectivity index (χ1n) is 13.9. The van der Waals surface area contributed by atoms with Crippen molar-refractivity contribution in [3.63, 3.8) is 0 Å². The van der Waals surface area contributed by atoms with E-state index >= 15 is 0 Å². The molecule has 1 heterocycles. The number of benzene rings is 4. The fourth-order valence-corrected chi connectivity index (χ4v) is 6.11. The van der Waals surface area contributed by atoms with E-state index in [1.807, 2.05) is 54.6 Å². The van der Waals surface area contributed by atoms with Gasteiger partial charge in [0, 0.05) is 12.0 Å². The third-order valence-corrected chi connectivity index (χ3v) is 8.31. The normalized spacial score (nSPS) is 17.9. The second kappa shape index (κ2) is 11.2. The number of esters is 1. The Morgan fingerprint density at radius 2 is 1.63 bits per heavy atom. The van der Waals surface area contributed by atoms with Gasteiger partial charge < -0.3 is 9.47 Å². The topological polar surface area (TPSA) is 68.2 Å². The number of hydrogen-bond acceptors (Lipinski definition) is 5. The Balaban J connectivity index is 1.27. The largest absolute Gasteiger partial charge is 0.497 e. The van der Waals surface area contributed by atoms with E-state index in [1.165, 1.54) is 11.1 Å². The average Bonchev–Trinajstić information content (AvgIpc) is 3.69. The molecule has 7 heteroatoms. The van der Waals surface area contributed by atoms with Gasteiger partial charge in [-0.2, -0.15) is 5.10 Å². The predicted octanol–water partition coefficient (Wildman–Crippen LogP) is 6.72. The van der Waals surface area contributed by atoms with E-state index in [2.05, 4.69) is 12.1 Å². The molecule has 0 aromatic heterocycles. The van der Waals surface area contributed by atoms with Gasteiger partial charge in [0.15, 0.2) is 6.61 Å². The quantitative estimate of drug-likeness (QED) is 0.240. The maximum Gasteiger partial charge on any atom is 0.317 e. The lowest BCUT2D eigenvalue weighted by Gasteiger charge is -2.28. The summed E-state index contributed by atoms with van der Waals surface area (Å²) in [4.78, 5) is 27.1. The van der Waals surface area contributed by atoms with Gasteiger partial charge in [-0.3, -0.25) is 9.59 Å². The summed E-state index contributed by atoms with van der Waals surface area (Å²) in [5.41, 5.74) is 1.85. The minimum absolute atomic E-state index is 0.337. The molecular weight excluding hydrogens is 519 g/mol. The van der Waals surface area contributed by atoms with E-state index in [1.54, 1.807) is 25.3 Å². The smallest absolute Gasteiger partial charge is 0.317 e. The van der Waals surface area contributed by atoms with E-state index in [0.717, 1.165) is 40.5 Å². The van der Waals surface area contributed by atoms with Crippen LogP contribution in [0.2, 0.25) is 0 Å². The maximum atomic E-state index is 14.8. The summed E-state index contributed by atoms with van der Waals surface area (Å²) >= 11 is 0. The van der Waals surface area contributed by atoms with Crippen LogP contribution in [0.1, 0.15) is 54.8 Å². The molecule has 1 saturated carbocycles. The van der Waals surface area contributed by atoms with Crippen molar-refractivity contribution < 1.29 is 23.5 Å². The van der Waals surface area contributed by atoms with Crippen molar-refractivity contribution in [3.8, 4) is 5.75 Å². The van der Waals surface area contributed by atoms with Crippen LogP contribution < -0.4 is 4.74 Å². The molecule has 6 rings (SSSR count). The van der Waals surface area contributed by atoms with Crippen molar-refractivity contribution in [2.24, 2.45) is 5.10 Å². The molecule has 1 fully saturated rings. The van der Waals surface area contributed by atoms with Crippen LogP contribution in [0, 0.1) is 5.82 Å². The summed E-state index contributed by atoms with van der Waals surface area (Å²) < 4.78 is 25.7. The highest BCUT2D eigenvalue weighted by Crippen LogP contribution is 2.43. The summed E-state index contributed by atoms with van der Waals surface area (Å²) in [6.07, 6.45) is 3.07. The third-order valence-electron chi connectivity index (χ3n) is 8.31. The Morgan fingerprint density at radius 1 is 0.927 bits per heavy atom. The van der Waals surface area contributed by atoms with Gasteiger partial charge in [0.1, 0.15) is 11.6 Å². The summed E-state index contributed by atoms with van der Waals surface area (Å²) in [5, 5.41) is 8.38. The molecule has 2 aliphatic rings. The van der Waals surface area contributed by atoms with Gasteiger partial charge in [-0.25, -0.2) is 9.40 Å². The van der Waals surface area contributed by atoms with E-state index in [4.69, 9.17) is 14.6 Å². The number of carbonyl (C=O) groups is 2. The van der Waals surface area contributed by atoms with Crippen molar-refractivity contribution in [2.45, 2.75) is 43.6 Å². The second-order valence-corrected chi connectivity index (χ2v) is 10.7. The molecule has 6 nitrogen and oxygen atoms in total. The molecule has 0 bridgehead atoms. The van der Waals surface area contributed by atoms with Gasteiger partial charge in [0.2, 0.25) is 0 Å². The van der Waals surface area contributed by atoms with Crippen LogP contribution in [-0.4, -0.2) is 36.3 Å². The minimum Gasteiger partial charge on any atom is -0.497 e. The molecule has 0 saturated heterocycles. The number of amides is 1. The Bertz CT molecular complexity index is 1630. The summed E-state index contributed by atoms with van der Waals surface area (Å²) in [6.45, 7) is -0.476. The molecular formula is C34H31FN2O4. The Labute approximate surface area is 238 Å². The number of hydrazone groups is 1. The Morgan fingerprint density at radius 3 is 2.37 bits per heavy atom. The second-order valence-electron chi connectivity index (χ2n) is 10.7. The molecule has 1 amide bonds. The lowest BCUT2D eigenvalue weighted by Crippen LogP contribution is -2.38. The first-order chi connectivity index (χ1) is 20.0. The van der Waals surface area contributed by atoms with E-state index in [-0.39, 0.29) is 6.04 Å². The van der Waals surface area contributed by atoms with Gasteiger partial charge in [-0.1, -0.05) is 79.6 Å². The zero-order valence-electron chi connectivity index (χ0n) is 22.9. The standard InChI is InChI=1S/C34H31FN2O4/c1-40-27-16-14-24(15-17-27)31-21-30(26-13-12-23-8-2-3-9-25(23)20-26)36-37(31)32(38)22-41-33(39)34(18-6-7-19-34)28-10-4-5-11-29(28)35/h2-5,8-17,20,31H,6-7,18-19,21-22H2,1H3. The molecule has 0 radical (unpaired) electrons. The van der Waals surface area contributed by atoms with Crippen LogP contribution in [0.4, 0.5) is 4.39 Å². The maximum absolute atomic E-state index is 14.8. The minimum atomic E-state index is -1.08. The molecule has 1 unspecified atom stereocenters. The predicted molar refractivity (Wildman–Crippen MR) is 155 cm³/mol. The van der Waals surface area contributed by atoms with Gasteiger partial charge in [-0.05, 0) is 59.0 Å². The van der Waals surface area contributed by atoms with Gasteiger partial charge >= 0.3 is 5.97 Å². The molecule has 208 valence electrons. The van der Waals surface area contributed by atoms with Crippen molar-refractivity contribution in [2.75, 3.05) is 13.7 Å². The third kappa shape index (κ3) is 5.08. The number of halogens is 1. The number of hydrogen-bond donors (Lipinski definition) is 0.